The number of nitrogens with zero attached hydrogens (tertiary/aromatic N) is 1. The van der Waals surface area contributed by atoms with Gasteiger partial charge < -0.3 is 4.74 Å². The molecular weight excluding hydrogens is 306 g/mol. The van der Waals surface area contributed by atoms with E-state index in [1.165, 1.54) is 12.3 Å². The number of halogens is 1. The maximum absolute atomic E-state index is 12.2. The Bertz CT molecular complexity index is 506. The van der Waals surface area contributed by atoms with Crippen LogP contribution in [0.4, 0.5) is 0 Å². The van der Waals surface area contributed by atoms with Crippen LogP contribution in [0.3, 0.4) is 0 Å². The molecule has 0 atom stereocenters. The second-order valence-electron chi connectivity index (χ2n) is 4.51. The maximum Gasteiger partial charge on any atom is 0.184 e. The van der Waals surface area contributed by atoms with Crippen molar-refractivity contribution in [1.29, 1.82) is 0 Å². The van der Waals surface area contributed by atoms with Gasteiger partial charge >= 0.3 is 0 Å². The number of hydrogen-bond donors (Lipinski definition) is 0. The number of ether oxygens (including phenoxy) is 1. The Balaban J connectivity index is 3.30. The van der Waals surface area contributed by atoms with Crippen LogP contribution in [0, 0.1) is 0 Å². The Morgan fingerprint density at radius 3 is 2.47 bits per heavy atom. The first kappa shape index (κ1) is 14.4. The van der Waals surface area contributed by atoms with E-state index in [0.717, 1.165) is 0 Å². The number of sulfone groups is 1. The van der Waals surface area contributed by atoms with Crippen LogP contribution in [0.2, 0.25) is 0 Å². The lowest BCUT2D eigenvalue weighted by Gasteiger charge is -2.19. The van der Waals surface area contributed by atoms with Gasteiger partial charge in [0.2, 0.25) is 0 Å². The fourth-order valence-corrected chi connectivity index (χ4v) is 2.66. The van der Waals surface area contributed by atoms with Crippen molar-refractivity contribution in [1.82, 2.24) is 4.98 Å². The van der Waals surface area contributed by atoms with Crippen LogP contribution in [0.25, 0.3) is 0 Å². The zero-order valence-corrected chi connectivity index (χ0v) is 12.7. The number of pyridine rings is 1. The third-order valence-electron chi connectivity index (χ3n) is 2.20. The molecule has 0 amide bonds. The van der Waals surface area contributed by atoms with Gasteiger partial charge in [0.25, 0.3) is 0 Å². The summed E-state index contributed by atoms with van der Waals surface area (Å²) in [5.41, 5.74) is 0. The second kappa shape index (κ2) is 4.94. The molecule has 0 saturated carbocycles. The highest BCUT2D eigenvalue weighted by Crippen LogP contribution is 2.30. The Kier molecular flexibility index (Phi) is 4.19. The van der Waals surface area contributed by atoms with Gasteiger partial charge in [-0.05, 0) is 43.6 Å². The summed E-state index contributed by atoms with van der Waals surface area (Å²) < 4.78 is 29.4. The first-order valence-electron chi connectivity index (χ1n) is 5.23. The zero-order chi connectivity index (χ0) is 13.3. The average molecular weight is 322 g/mol. The summed E-state index contributed by atoms with van der Waals surface area (Å²) in [6.45, 7) is 7.26. The molecule has 0 bridgehead atoms. The van der Waals surface area contributed by atoms with Crippen molar-refractivity contribution in [3.05, 3.63) is 16.9 Å². The number of aromatic nitrogens is 1. The zero-order valence-electron chi connectivity index (χ0n) is 10.3. The summed E-state index contributed by atoms with van der Waals surface area (Å²) >= 11 is 3.22. The molecule has 0 spiro atoms. The second-order valence-corrected chi connectivity index (χ2v) is 7.96. The Labute approximate surface area is 110 Å². The predicted molar refractivity (Wildman–Crippen MR) is 70.0 cm³/mol. The van der Waals surface area contributed by atoms with E-state index in [1.807, 2.05) is 6.92 Å². The first-order valence-corrected chi connectivity index (χ1v) is 7.50. The Hall–Kier alpha value is -0.620. The highest BCUT2D eigenvalue weighted by atomic mass is 79.9. The smallest absolute Gasteiger partial charge is 0.184 e. The lowest BCUT2D eigenvalue weighted by atomic mass is 10.3. The normalized spacial score (nSPS) is 12.5. The molecule has 0 aromatic carbocycles. The van der Waals surface area contributed by atoms with Crippen LogP contribution in [-0.4, -0.2) is 24.8 Å². The highest BCUT2D eigenvalue weighted by molar-refractivity contribution is 9.10. The van der Waals surface area contributed by atoms with Gasteiger partial charge in [0.15, 0.2) is 15.6 Å². The van der Waals surface area contributed by atoms with Gasteiger partial charge in [0.05, 0.1) is 16.2 Å². The van der Waals surface area contributed by atoms with Gasteiger partial charge in [-0.25, -0.2) is 13.4 Å². The van der Waals surface area contributed by atoms with Crippen molar-refractivity contribution in [2.45, 2.75) is 37.3 Å². The largest absolute Gasteiger partial charge is 0.491 e. The van der Waals surface area contributed by atoms with Crippen molar-refractivity contribution in [2.24, 2.45) is 0 Å². The van der Waals surface area contributed by atoms with Gasteiger partial charge in [-0.2, -0.15) is 0 Å². The SMILES string of the molecule is CCOc1cc(S(=O)(=O)C(C)(C)C)cnc1Br. The topological polar surface area (TPSA) is 56.3 Å². The van der Waals surface area contributed by atoms with E-state index in [0.29, 0.717) is 17.0 Å². The molecule has 0 aliphatic heterocycles. The molecular formula is C11H16BrNO3S. The van der Waals surface area contributed by atoms with E-state index in [-0.39, 0.29) is 4.90 Å². The molecule has 0 N–H and O–H groups in total. The summed E-state index contributed by atoms with van der Waals surface area (Å²) in [6.07, 6.45) is 1.34. The minimum Gasteiger partial charge on any atom is -0.491 e. The molecule has 1 aromatic rings. The molecule has 1 aromatic heterocycles. The van der Waals surface area contributed by atoms with E-state index in [2.05, 4.69) is 20.9 Å². The molecule has 96 valence electrons. The lowest BCUT2D eigenvalue weighted by molar-refractivity contribution is 0.335. The highest BCUT2D eigenvalue weighted by Gasteiger charge is 2.31. The van der Waals surface area contributed by atoms with E-state index in [4.69, 9.17) is 4.74 Å². The average Bonchev–Trinajstić information content (AvgIpc) is 2.19. The van der Waals surface area contributed by atoms with Crippen LogP contribution in [0.15, 0.2) is 21.8 Å². The quantitative estimate of drug-likeness (QED) is 0.803. The molecule has 0 saturated heterocycles. The molecule has 1 heterocycles. The molecule has 0 unspecified atom stereocenters. The predicted octanol–water partition coefficient (Wildman–Crippen LogP) is 2.82. The van der Waals surface area contributed by atoms with E-state index in [9.17, 15) is 8.42 Å². The third-order valence-corrected chi connectivity index (χ3v) is 5.25. The molecule has 1 rings (SSSR count). The van der Waals surface area contributed by atoms with Crippen molar-refractivity contribution >= 4 is 25.8 Å². The molecule has 0 aliphatic rings. The minimum absolute atomic E-state index is 0.177. The van der Waals surface area contributed by atoms with Gasteiger partial charge in [-0.3, -0.25) is 0 Å². The summed E-state index contributed by atoms with van der Waals surface area (Å²) in [6, 6.07) is 1.50. The lowest BCUT2D eigenvalue weighted by Crippen LogP contribution is -2.28. The summed E-state index contributed by atoms with van der Waals surface area (Å²) in [5.74, 6) is 0.442. The van der Waals surface area contributed by atoms with Crippen LogP contribution in [0.5, 0.6) is 5.75 Å². The molecule has 0 radical (unpaired) electrons. The summed E-state index contributed by atoms with van der Waals surface area (Å²) in [5, 5.41) is 0. The maximum atomic E-state index is 12.2. The fourth-order valence-electron chi connectivity index (χ4n) is 1.17. The summed E-state index contributed by atoms with van der Waals surface area (Å²) in [7, 11) is -3.40. The first-order chi connectivity index (χ1) is 7.70. The van der Waals surface area contributed by atoms with Crippen molar-refractivity contribution in [3.8, 4) is 5.75 Å². The van der Waals surface area contributed by atoms with Gasteiger partial charge in [-0.15, -0.1) is 0 Å². The molecule has 4 nitrogen and oxygen atoms in total. The van der Waals surface area contributed by atoms with E-state index in [1.54, 1.807) is 20.8 Å². The van der Waals surface area contributed by atoms with Gasteiger partial charge in [0.1, 0.15) is 4.60 Å². The monoisotopic (exact) mass is 321 g/mol. The molecule has 0 fully saturated rings. The number of hydrogen-bond acceptors (Lipinski definition) is 4. The van der Waals surface area contributed by atoms with Crippen molar-refractivity contribution < 1.29 is 13.2 Å². The van der Waals surface area contributed by atoms with Crippen LogP contribution < -0.4 is 4.74 Å². The van der Waals surface area contributed by atoms with Crippen molar-refractivity contribution in [2.75, 3.05) is 6.61 Å². The third kappa shape index (κ3) is 2.98. The van der Waals surface area contributed by atoms with E-state index >= 15 is 0 Å². The van der Waals surface area contributed by atoms with E-state index < -0.39 is 14.6 Å². The molecule has 6 heteroatoms. The van der Waals surface area contributed by atoms with Crippen LogP contribution >= 0.6 is 15.9 Å². The number of rotatable bonds is 3. The fraction of sp³-hybridized carbons (Fsp3) is 0.545. The molecule has 17 heavy (non-hydrogen) atoms. The van der Waals surface area contributed by atoms with Gasteiger partial charge in [-0.1, -0.05) is 0 Å². The standard InChI is InChI=1S/C11H16BrNO3S/c1-5-16-9-6-8(7-13-10(9)12)17(14,15)11(2,3)4/h6-7H,5H2,1-4H3. The molecule has 0 aliphatic carbocycles. The Morgan fingerprint density at radius 2 is 2.00 bits per heavy atom. The minimum atomic E-state index is -3.40. The summed E-state index contributed by atoms with van der Waals surface area (Å²) in [4.78, 5) is 4.17. The van der Waals surface area contributed by atoms with Crippen LogP contribution in [-0.2, 0) is 9.84 Å². The Morgan fingerprint density at radius 1 is 1.41 bits per heavy atom. The van der Waals surface area contributed by atoms with Crippen molar-refractivity contribution in [3.63, 3.8) is 0 Å². The van der Waals surface area contributed by atoms with Crippen LogP contribution in [0.1, 0.15) is 27.7 Å². The van der Waals surface area contributed by atoms with Gasteiger partial charge in [0, 0.05) is 12.3 Å².